The Bertz CT molecular complexity index is 876. The number of unbranched alkanes of at least 4 members (excludes halogenated alkanes) is 1. The highest BCUT2D eigenvalue weighted by atomic mass is 35.5. The average molecular weight is 401 g/mol. The maximum absolute atomic E-state index is 12.4. The first-order valence-corrected chi connectivity index (χ1v) is 10.1. The number of carbonyl (C=O) groups is 1. The van der Waals surface area contributed by atoms with Crippen molar-refractivity contribution in [3.8, 4) is 5.75 Å². The number of anilines is 1. The van der Waals surface area contributed by atoms with Crippen LogP contribution in [0, 0.1) is 0 Å². The fraction of sp³-hybridized carbons (Fsp3) is 0.238. The fourth-order valence-corrected chi connectivity index (χ4v) is 3.42. The molecule has 4 nitrogen and oxygen atoms in total. The zero-order valence-corrected chi connectivity index (χ0v) is 16.6. The van der Waals surface area contributed by atoms with E-state index in [9.17, 15) is 4.79 Å². The summed E-state index contributed by atoms with van der Waals surface area (Å²) in [6.45, 7) is 2.81. The van der Waals surface area contributed by atoms with E-state index >= 15 is 0 Å². The minimum atomic E-state index is -0.178. The number of nitrogens with one attached hydrogen (secondary N) is 1. The zero-order valence-electron chi connectivity index (χ0n) is 15.1. The summed E-state index contributed by atoms with van der Waals surface area (Å²) in [6, 6.07) is 14.9. The quantitative estimate of drug-likeness (QED) is 0.485. The Morgan fingerprint density at radius 2 is 1.89 bits per heavy atom. The summed E-state index contributed by atoms with van der Waals surface area (Å²) < 4.78 is 5.62. The average Bonchev–Trinajstić information content (AvgIpc) is 3.11. The number of thiazole rings is 1. The molecule has 0 spiro atoms. The molecule has 3 rings (SSSR count). The summed E-state index contributed by atoms with van der Waals surface area (Å²) >= 11 is 7.38. The molecule has 3 aromatic rings. The fourth-order valence-electron chi connectivity index (χ4n) is 2.46. The summed E-state index contributed by atoms with van der Waals surface area (Å²) in [5.74, 6) is 0.599. The number of benzene rings is 2. The number of hydrogen-bond donors (Lipinski definition) is 1. The van der Waals surface area contributed by atoms with E-state index in [1.807, 2.05) is 36.4 Å². The van der Waals surface area contributed by atoms with Gasteiger partial charge >= 0.3 is 0 Å². The molecule has 0 aliphatic heterocycles. The van der Waals surface area contributed by atoms with Crippen LogP contribution in [-0.4, -0.2) is 17.5 Å². The third kappa shape index (κ3) is 5.81. The van der Waals surface area contributed by atoms with Gasteiger partial charge in [0.05, 0.1) is 6.61 Å². The summed E-state index contributed by atoms with van der Waals surface area (Å²) in [5, 5.41) is 4.16. The van der Waals surface area contributed by atoms with Crippen LogP contribution in [0.3, 0.4) is 0 Å². The van der Waals surface area contributed by atoms with E-state index in [0.29, 0.717) is 17.3 Å². The van der Waals surface area contributed by atoms with Gasteiger partial charge in [-0.3, -0.25) is 10.1 Å². The Labute approximate surface area is 168 Å². The predicted molar refractivity (Wildman–Crippen MR) is 111 cm³/mol. The van der Waals surface area contributed by atoms with Gasteiger partial charge in [-0.1, -0.05) is 37.1 Å². The number of amides is 1. The highest BCUT2D eigenvalue weighted by molar-refractivity contribution is 7.15. The lowest BCUT2D eigenvalue weighted by atomic mass is 10.1. The Kier molecular flexibility index (Phi) is 6.85. The lowest BCUT2D eigenvalue weighted by molar-refractivity contribution is 0.102. The molecule has 27 heavy (non-hydrogen) atoms. The van der Waals surface area contributed by atoms with Gasteiger partial charge in [-0.25, -0.2) is 4.98 Å². The number of nitrogens with zero attached hydrogens (tertiary/aromatic N) is 1. The molecule has 2 aromatic carbocycles. The standard InChI is InChI=1S/C21H21ClN2O2S/c1-2-3-12-26-18-10-6-16(7-11-18)20(25)24-21-23-14-19(27-21)13-15-4-8-17(22)9-5-15/h4-11,14H,2-3,12-13H2,1H3,(H,23,24,25). The molecule has 1 N–H and O–H groups in total. The van der Waals surface area contributed by atoms with Crippen molar-refractivity contribution in [2.75, 3.05) is 11.9 Å². The van der Waals surface area contributed by atoms with Crippen LogP contribution in [0.5, 0.6) is 5.75 Å². The van der Waals surface area contributed by atoms with Crippen molar-refractivity contribution >= 4 is 34.0 Å². The Morgan fingerprint density at radius 1 is 1.15 bits per heavy atom. The monoisotopic (exact) mass is 400 g/mol. The summed E-state index contributed by atoms with van der Waals surface area (Å²) in [5.41, 5.74) is 1.73. The molecule has 0 fully saturated rings. The minimum Gasteiger partial charge on any atom is -0.494 e. The van der Waals surface area contributed by atoms with Crippen molar-refractivity contribution in [2.45, 2.75) is 26.2 Å². The highest BCUT2D eigenvalue weighted by Crippen LogP contribution is 2.23. The number of ether oxygens (including phenoxy) is 1. The molecule has 1 heterocycles. The lowest BCUT2D eigenvalue weighted by Crippen LogP contribution is -2.11. The number of rotatable bonds is 8. The molecule has 6 heteroatoms. The van der Waals surface area contributed by atoms with E-state index in [4.69, 9.17) is 16.3 Å². The van der Waals surface area contributed by atoms with Crippen molar-refractivity contribution in [3.63, 3.8) is 0 Å². The third-order valence-corrected chi connectivity index (χ3v) is 5.11. The largest absolute Gasteiger partial charge is 0.494 e. The summed E-state index contributed by atoms with van der Waals surface area (Å²) in [4.78, 5) is 17.8. The molecule has 0 atom stereocenters. The topological polar surface area (TPSA) is 51.2 Å². The van der Waals surface area contributed by atoms with E-state index in [1.54, 1.807) is 18.3 Å². The number of hydrogen-bond acceptors (Lipinski definition) is 4. The summed E-state index contributed by atoms with van der Waals surface area (Å²) in [6.07, 6.45) is 4.66. The van der Waals surface area contributed by atoms with Crippen molar-refractivity contribution in [1.29, 1.82) is 0 Å². The Balaban J connectivity index is 1.56. The van der Waals surface area contributed by atoms with Gasteiger partial charge in [0, 0.05) is 28.1 Å². The molecule has 0 unspecified atom stereocenters. The third-order valence-electron chi connectivity index (χ3n) is 3.95. The van der Waals surface area contributed by atoms with Crippen LogP contribution in [-0.2, 0) is 6.42 Å². The molecular formula is C21H21ClN2O2S. The normalized spacial score (nSPS) is 10.6. The number of carbonyl (C=O) groups excluding carboxylic acids is 1. The molecular weight excluding hydrogens is 380 g/mol. The first-order chi connectivity index (χ1) is 13.1. The molecule has 0 aliphatic carbocycles. The molecule has 0 saturated heterocycles. The van der Waals surface area contributed by atoms with Crippen LogP contribution in [0.4, 0.5) is 5.13 Å². The zero-order chi connectivity index (χ0) is 19.1. The van der Waals surface area contributed by atoms with Gasteiger partial charge in [0.1, 0.15) is 5.75 Å². The van der Waals surface area contributed by atoms with Gasteiger partial charge in [0.15, 0.2) is 5.13 Å². The van der Waals surface area contributed by atoms with Gasteiger partial charge in [-0.05, 0) is 48.4 Å². The molecule has 1 amide bonds. The molecule has 0 radical (unpaired) electrons. The maximum atomic E-state index is 12.4. The summed E-state index contributed by atoms with van der Waals surface area (Å²) in [7, 11) is 0. The van der Waals surface area contributed by atoms with Crippen LogP contribution >= 0.6 is 22.9 Å². The van der Waals surface area contributed by atoms with E-state index in [-0.39, 0.29) is 5.91 Å². The van der Waals surface area contributed by atoms with Crippen LogP contribution in [0.25, 0.3) is 0 Å². The first-order valence-electron chi connectivity index (χ1n) is 8.87. The molecule has 1 aromatic heterocycles. The second-order valence-electron chi connectivity index (χ2n) is 6.12. The lowest BCUT2D eigenvalue weighted by Gasteiger charge is -2.06. The second kappa shape index (κ2) is 9.53. The van der Waals surface area contributed by atoms with Crippen LogP contribution < -0.4 is 10.1 Å². The van der Waals surface area contributed by atoms with Gasteiger partial charge in [0.25, 0.3) is 5.91 Å². The van der Waals surface area contributed by atoms with Gasteiger partial charge < -0.3 is 4.74 Å². The predicted octanol–water partition coefficient (Wildman–Crippen LogP) is 5.82. The second-order valence-corrected chi connectivity index (χ2v) is 7.67. The van der Waals surface area contributed by atoms with E-state index in [2.05, 4.69) is 17.2 Å². The van der Waals surface area contributed by atoms with Gasteiger partial charge in [-0.15, -0.1) is 11.3 Å². The highest BCUT2D eigenvalue weighted by Gasteiger charge is 2.10. The molecule has 0 saturated carbocycles. The maximum Gasteiger partial charge on any atom is 0.257 e. The number of aromatic nitrogens is 1. The van der Waals surface area contributed by atoms with Gasteiger partial charge in [0.2, 0.25) is 0 Å². The Morgan fingerprint density at radius 3 is 2.59 bits per heavy atom. The van der Waals surface area contributed by atoms with Crippen molar-refractivity contribution in [2.24, 2.45) is 0 Å². The van der Waals surface area contributed by atoms with Crippen molar-refractivity contribution in [1.82, 2.24) is 4.98 Å². The van der Waals surface area contributed by atoms with E-state index in [1.165, 1.54) is 11.3 Å². The van der Waals surface area contributed by atoms with Crippen LogP contribution in [0.1, 0.15) is 40.6 Å². The van der Waals surface area contributed by atoms with Gasteiger partial charge in [-0.2, -0.15) is 0 Å². The molecule has 0 aliphatic rings. The SMILES string of the molecule is CCCCOc1ccc(C(=O)Nc2ncc(Cc3ccc(Cl)cc3)s2)cc1. The van der Waals surface area contributed by atoms with Crippen LogP contribution in [0.2, 0.25) is 5.02 Å². The first kappa shape index (κ1) is 19.4. The van der Waals surface area contributed by atoms with Crippen LogP contribution in [0.15, 0.2) is 54.7 Å². The minimum absolute atomic E-state index is 0.178. The number of halogens is 1. The smallest absolute Gasteiger partial charge is 0.257 e. The van der Waals surface area contributed by atoms with E-state index < -0.39 is 0 Å². The molecule has 0 bridgehead atoms. The Hall–Kier alpha value is -2.37. The van der Waals surface area contributed by atoms with E-state index in [0.717, 1.165) is 40.5 Å². The van der Waals surface area contributed by atoms with Crippen molar-refractivity contribution in [3.05, 3.63) is 75.8 Å². The molecule has 140 valence electrons. The van der Waals surface area contributed by atoms with Crippen molar-refractivity contribution < 1.29 is 9.53 Å².